The zero-order valence-electron chi connectivity index (χ0n) is 5.28. The average molecular weight is 132 g/mol. The molecule has 0 saturated carbocycles. The summed E-state index contributed by atoms with van der Waals surface area (Å²) in [6.45, 7) is 0. The van der Waals surface area contributed by atoms with Crippen LogP contribution in [0.1, 0.15) is 0 Å². The molecule has 2 heterocycles. The lowest BCUT2D eigenvalue weighted by Crippen LogP contribution is -2.25. The molecule has 1 N–H and O–H groups in total. The monoisotopic (exact) mass is 132 g/mol. The number of nitrogens with zero attached hydrogens (tertiary/aromatic N) is 2. The fraction of sp³-hybridized carbons (Fsp3) is 0. The molecule has 49 valence electrons. The fourth-order valence-electron chi connectivity index (χ4n) is 0.847. The molecule has 0 aromatic carbocycles. The van der Waals surface area contributed by atoms with E-state index >= 15 is 0 Å². The molecule has 0 atom stereocenters. The molecule has 0 aromatic rings. The molecule has 2 aliphatic rings. The number of aliphatic imine (C=N–C) groups is 1. The minimum atomic E-state index is 0.755. The summed E-state index contributed by atoms with van der Waals surface area (Å²) in [6.07, 6.45) is 9.01. The van der Waals surface area contributed by atoms with E-state index in [-0.39, 0.29) is 0 Å². The maximum atomic E-state index is 4.04. The first-order valence-electron chi connectivity index (χ1n) is 3.04. The minimum absolute atomic E-state index is 0.755. The normalized spacial score (nSPS) is 20.0. The van der Waals surface area contributed by atoms with Crippen LogP contribution in [-0.4, -0.2) is 5.84 Å². The van der Waals surface area contributed by atoms with Gasteiger partial charge in [-0.3, -0.25) is 0 Å². The van der Waals surface area contributed by atoms with Gasteiger partial charge < -0.3 is 5.32 Å². The predicted molar refractivity (Wildman–Crippen MR) is 39.1 cm³/mol. The summed E-state index contributed by atoms with van der Waals surface area (Å²) in [7, 11) is 0. The lowest BCUT2D eigenvalue weighted by Gasteiger charge is -2.13. The number of rotatable bonds is 0. The Morgan fingerprint density at radius 3 is 3.20 bits per heavy atom. The van der Waals surface area contributed by atoms with Gasteiger partial charge in [-0.2, -0.15) is 0 Å². The Labute approximate surface area is 58.8 Å². The second-order valence-corrected chi connectivity index (χ2v) is 1.96. The van der Waals surface area contributed by atoms with Crippen molar-refractivity contribution in [1.29, 1.82) is 0 Å². The molecule has 0 aromatic heterocycles. The van der Waals surface area contributed by atoms with E-state index < -0.39 is 0 Å². The fourth-order valence-corrected chi connectivity index (χ4v) is 0.847. The Kier molecular flexibility index (Phi) is 1.07. The van der Waals surface area contributed by atoms with Crippen LogP contribution >= 0.6 is 0 Å². The van der Waals surface area contributed by atoms with E-state index in [2.05, 4.69) is 15.6 Å². The molecule has 0 unspecified atom stereocenters. The molecule has 0 fully saturated rings. The first kappa shape index (κ1) is 5.29. The van der Waals surface area contributed by atoms with Gasteiger partial charge in [-0.1, -0.05) is 0 Å². The van der Waals surface area contributed by atoms with E-state index in [0.29, 0.717) is 0 Å². The summed E-state index contributed by atoms with van der Waals surface area (Å²) in [5.74, 6) is 0.755. The predicted octanol–water partition coefficient (Wildman–Crippen LogP) is 0.475. The van der Waals surface area contributed by atoms with Crippen LogP contribution in [0.4, 0.5) is 0 Å². The zero-order chi connectivity index (χ0) is 6.81. The summed E-state index contributed by atoms with van der Waals surface area (Å²) in [5.41, 5.74) is 0.963. The molecule has 10 heavy (non-hydrogen) atoms. The number of nitrogens with one attached hydrogen (secondary N) is 1. The first-order valence-corrected chi connectivity index (χ1v) is 3.04. The average Bonchev–Trinajstić information content (AvgIpc) is 2.05. The van der Waals surface area contributed by atoms with Crippen molar-refractivity contribution in [3.05, 3.63) is 36.4 Å². The van der Waals surface area contributed by atoms with Crippen molar-refractivity contribution in [3.8, 4) is 0 Å². The Morgan fingerprint density at radius 2 is 2.30 bits per heavy atom. The highest BCUT2D eigenvalue weighted by atomic mass is 15.1. The van der Waals surface area contributed by atoms with Gasteiger partial charge in [-0.25, -0.2) is 10.3 Å². The van der Waals surface area contributed by atoms with Crippen LogP contribution in [0.5, 0.6) is 0 Å². The summed E-state index contributed by atoms with van der Waals surface area (Å²) >= 11 is 0. The van der Waals surface area contributed by atoms with Gasteiger partial charge in [0.15, 0.2) is 5.84 Å². The molecule has 2 aliphatic heterocycles. The van der Waals surface area contributed by atoms with Gasteiger partial charge in [-0.05, 0) is 12.2 Å². The van der Waals surface area contributed by atoms with Crippen molar-refractivity contribution in [3.63, 3.8) is 0 Å². The summed E-state index contributed by atoms with van der Waals surface area (Å²) in [5, 5.41) is 7.06. The van der Waals surface area contributed by atoms with E-state index in [1.54, 1.807) is 18.6 Å². The van der Waals surface area contributed by atoms with Crippen molar-refractivity contribution >= 4 is 5.84 Å². The topological polar surface area (TPSA) is 38.5 Å². The molecule has 0 aliphatic carbocycles. The van der Waals surface area contributed by atoms with Crippen LogP contribution in [0.2, 0.25) is 0 Å². The van der Waals surface area contributed by atoms with E-state index in [1.807, 2.05) is 12.2 Å². The van der Waals surface area contributed by atoms with Gasteiger partial charge in [0.1, 0.15) is 0 Å². The Balaban J connectivity index is 2.38. The number of hydrogen-bond acceptors (Lipinski definition) is 2. The molecule has 0 bridgehead atoms. The number of fused-ring (bicyclic) bond motifs is 1. The summed E-state index contributed by atoms with van der Waals surface area (Å²) in [6, 6.07) is 0. The lowest BCUT2D eigenvalue weighted by atomic mass is 10.3. The second-order valence-electron chi connectivity index (χ2n) is 1.96. The summed E-state index contributed by atoms with van der Waals surface area (Å²) < 4.78 is 0. The molecule has 0 saturated heterocycles. The molecule has 1 radical (unpaired) electrons. The Morgan fingerprint density at radius 1 is 1.30 bits per heavy atom. The zero-order valence-corrected chi connectivity index (χ0v) is 5.28. The minimum Gasteiger partial charge on any atom is -0.357 e. The largest absolute Gasteiger partial charge is 0.357 e. The summed E-state index contributed by atoms with van der Waals surface area (Å²) in [4.78, 5) is 4.04. The highest BCUT2D eigenvalue weighted by Gasteiger charge is 2.08. The van der Waals surface area contributed by atoms with Gasteiger partial charge in [0, 0.05) is 18.6 Å². The van der Waals surface area contributed by atoms with Crippen LogP contribution < -0.4 is 10.6 Å². The smallest absolute Gasteiger partial charge is 0.175 e. The van der Waals surface area contributed by atoms with Gasteiger partial charge in [0.2, 0.25) is 0 Å². The number of allylic oxidation sites excluding steroid dienone is 2. The Hall–Kier alpha value is -1.51. The van der Waals surface area contributed by atoms with Crippen molar-refractivity contribution in [1.82, 2.24) is 10.6 Å². The van der Waals surface area contributed by atoms with Gasteiger partial charge in [0.05, 0.1) is 5.70 Å². The van der Waals surface area contributed by atoms with Crippen LogP contribution in [0.25, 0.3) is 0 Å². The third-order valence-electron chi connectivity index (χ3n) is 1.30. The van der Waals surface area contributed by atoms with E-state index in [4.69, 9.17) is 0 Å². The number of hydrogen-bond donors (Lipinski definition) is 1. The van der Waals surface area contributed by atoms with Gasteiger partial charge >= 0.3 is 0 Å². The van der Waals surface area contributed by atoms with Crippen molar-refractivity contribution < 1.29 is 0 Å². The van der Waals surface area contributed by atoms with Crippen LogP contribution in [-0.2, 0) is 0 Å². The lowest BCUT2D eigenvalue weighted by molar-refractivity contribution is 1.04. The highest BCUT2D eigenvalue weighted by Crippen LogP contribution is 2.03. The Bertz CT molecular complexity index is 230. The molecular weight excluding hydrogens is 126 g/mol. The molecular formula is C7H6N3. The van der Waals surface area contributed by atoms with Crippen LogP contribution in [0.3, 0.4) is 0 Å². The van der Waals surface area contributed by atoms with Crippen molar-refractivity contribution in [2.24, 2.45) is 4.99 Å². The molecule has 0 spiro atoms. The van der Waals surface area contributed by atoms with Crippen LogP contribution in [0, 0.1) is 0 Å². The second kappa shape index (κ2) is 2.02. The SMILES string of the molecule is C1=C[N]C2=NC=CNC2=C1. The van der Waals surface area contributed by atoms with Crippen molar-refractivity contribution in [2.75, 3.05) is 0 Å². The number of amidine groups is 1. The third-order valence-corrected chi connectivity index (χ3v) is 1.30. The molecule has 3 heteroatoms. The quantitative estimate of drug-likeness (QED) is 0.511. The van der Waals surface area contributed by atoms with Crippen molar-refractivity contribution in [2.45, 2.75) is 0 Å². The van der Waals surface area contributed by atoms with Crippen LogP contribution in [0.15, 0.2) is 41.4 Å². The first-order chi connectivity index (χ1) is 4.97. The van der Waals surface area contributed by atoms with E-state index in [0.717, 1.165) is 11.5 Å². The highest BCUT2D eigenvalue weighted by molar-refractivity contribution is 6.00. The van der Waals surface area contributed by atoms with Gasteiger partial charge in [0.25, 0.3) is 0 Å². The third kappa shape index (κ3) is 0.719. The van der Waals surface area contributed by atoms with E-state index in [1.165, 1.54) is 0 Å². The molecule has 3 nitrogen and oxygen atoms in total. The maximum absolute atomic E-state index is 4.04. The molecule has 2 rings (SSSR count). The van der Waals surface area contributed by atoms with Gasteiger partial charge in [-0.15, -0.1) is 0 Å². The van der Waals surface area contributed by atoms with E-state index in [9.17, 15) is 0 Å². The maximum Gasteiger partial charge on any atom is 0.175 e. The standard InChI is InChI=1S/C7H6N3/c1-2-6-7(9-3-1)10-5-4-8-6/h1-5,8H. The molecule has 0 amide bonds.